The quantitative estimate of drug-likeness (QED) is 0.545. The molecule has 1 aromatic carbocycles. The predicted molar refractivity (Wildman–Crippen MR) is 84.1 cm³/mol. The SMILES string of the molecule is CCc1sccc1-n1cc(-c2cc(C(F)(F)F)cc(C(F)(F)F)c2)nn1. The zero-order chi connectivity index (χ0) is 19.1. The Bertz CT molecular complexity index is 890. The third kappa shape index (κ3) is 3.59. The molecule has 0 amide bonds. The number of benzene rings is 1. The molecule has 2 heterocycles. The van der Waals surface area contributed by atoms with E-state index in [4.69, 9.17) is 0 Å². The van der Waals surface area contributed by atoms with Gasteiger partial charge in [0.15, 0.2) is 0 Å². The van der Waals surface area contributed by atoms with Gasteiger partial charge in [0.2, 0.25) is 0 Å². The number of rotatable bonds is 3. The van der Waals surface area contributed by atoms with E-state index in [0.717, 1.165) is 4.88 Å². The number of hydrogen-bond acceptors (Lipinski definition) is 3. The number of thiophene rings is 1. The number of halogens is 6. The Morgan fingerprint density at radius 1 is 1.00 bits per heavy atom. The van der Waals surface area contributed by atoms with Gasteiger partial charge < -0.3 is 0 Å². The van der Waals surface area contributed by atoms with Crippen LogP contribution in [0, 0.1) is 0 Å². The second-order valence-corrected chi connectivity index (χ2v) is 6.43. The minimum atomic E-state index is -4.91. The topological polar surface area (TPSA) is 30.7 Å². The summed E-state index contributed by atoms with van der Waals surface area (Å²) < 4.78 is 79.2. The summed E-state index contributed by atoms with van der Waals surface area (Å²) in [6.45, 7) is 1.93. The van der Waals surface area contributed by atoms with E-state index in [1.54, 1.807) is 6.07 Å². The van der Waals surface area contributed by atoms with Crippen LogP contribution in [-0.4, -0.2) is 15.0 Å². The van der Waals surface area contributed by atoms with Gasteiger partial charge in [-0.1, -0.05) is 12.1 Å². The number of hydrogen-bond donors (Lipinski definition) is 0. The van der Waals surface area contributed by atoms with E-state index >= 15 is 0 Å². The first-order chi connectivity index (χ1) is 12.1. The average molecular weight is 391 g/mol. The van der Waals surface area contributed by atoms with Crippen molar-refractivity contribution < 1.29 is 26.3 Å². The minimum absolute atomic E-state index is 0.0742. The van der Waals surface area contributed by atoms with Gasteiger partial charge in [0.1, 0.15) is 5.69 Å². The van der Waals surface area contributed by atoms with Crippen molar-refractivity contribution in [1.82, 2.24) is 15.0 Å². The van der Waals surface area contributed by atoms with Crippen molar-refractivity contribution in [1.29, 1.82) is 0 Å². The van der Waals surface area contributed by atoms with E-state index in [2.05, 4.69) is 10.3 Å². The Balaban J connectivity index is 2.09. The standard InChI is InChI=1S/C16H11F6N3S/c1-2-14-13(3-4-26-14)25-8-12(23-24-25)9-5-10(15(17,18)19)7-11(6-9)16(20,21)22/h3-8H,2H2,1H3. The van der Waals surface area contributed by atoms with Crippen molar-refractivity contribution in [2.24, 2.45) is 0 Å². The highest BCUT2D eigenvalue weighted by molar-refractivity contribution is 7.10. The number of nitrogens with zero attached hydrogens (tertiary/aromatic N) is 3. The molecule has 3 aromatic rings. The lowest BCUT2D eigenvalue weighted by Crippen LogP contribution is -2.11. The number of aryl methyl sites for hydroxylation is 1. The van der Waals surface area contributed by atoms with Crippen molar-refractivity contribution in [3.63, 3.8) is 0 Å². The Morgan fingerprint density at radius 2 is 1.62 bits per heavy atom. The van der Waals surface area contributed by atoms with Gasteiger partial charge in [-0.3, -0.25) is 0 Å². The molecule has 0 aliphatic heterocycles. The van der Waals surface area contributed by atoms with Crippen LogP contribution in [0.1, 0.15) is 22.9 Å². The molecule has 0 radical (unpaired) electrons. The van der Waals surface area contributed by atoms with Crippen molar-refractivity contribution in [3.05, 3.63) is 51.8 Å². The van der Waals surface area contributed by atoms with Gasteiger partial charge in [0, 0.05) is 10.4 Å². The summed E-state index contributed by atoms with van der Waals surface area (Å²) in [4.78, 5) is 0.974. The van der Waals surface area contributed by atoms with Gasteiger partial charge in [0.25, 0.3) is 0 Å². The molecule has 0 N–H and O–H groups in total. The number of aromatic nitrogens is 3. The molecule has 3 rings (SSSR count). The van der Waals surface area contributed by atoms with Crippen LogP contribution in [0.4, 0.5) is 26.3 Å². The van der Waals surface area contributed by atoms with Crippen LogP contribution in [0.3, 0.4) is 0 Å². The molecule has 0 unspecified atom stereocenters. The highest BCUT2D eigenvalue weighted by Crippen LogP contribution is 2.38. The maximum absolute atomic E-state index is 13.0. The van der Waals surface area contributed by atoms with Crippen LogP contribution in [0.2, 0.25) is 0 Å². The molecule has 0 bridgehead atoms. The van der Waals surface area contributed by atoms with Crippen LogP contribution in [0.25, 0.3) is 16.9 Å². The third-order valence-corrected chi connectivity index (χ3v) is 4.72. The van der Waals surface area contributed by atoms with E-state index < -0.39 is 23.5 Å². The predicted octanol–water partition coefficient (Wildman–Crippen LogP) is 5.60. The Kier molecular flexibility index (Phi) is 4.55. The lowest BCUT2D eigenvalue weighted by molar-refractivity contribution is -0.143. The molecule has 2 aromatic heterocycles. The fourth-order valence-corrected chi connectivity index (χ4v) is 3.23. The van der Waals surface area contributed by atoms with Crippen LogP contribution in [0.5, 0.6) is 0 Å². The highest BCUT2D eigenvalue weighted by Gasteiger charge is 2.37. The van der Waals surface area contributed by atoms with E-state index in [9.17, 15) is 26.3 Å². The highest BCUT2D eigenvalue weighted by atomic mass is 32.1. The van der Waals surface area contributed by atoms with Crippen LogP contribution < -0.4 is 0 Å². The molecule has 3 nitrogen and oxygen atoms in total. The normalized spacial score (nSPS) is 12.6. The fraction of sp³-hybridized carbons (Fsp3) is 0.250. The lowest BCUT2D eigenvalue weighted by atomic mass is 10.0. The average Bonchev–Trinajstić information content (AvgIpc) is 3.21. The molecule has 0 aliphatic carbocycles. The van der Waals surface area contributed by atoms with Gasteiger partial charge in [-0.05, 0) is 36.1 Å². The summed E-state index contributed by atoms with van der Waals surface area (Å²) in [5.41, 5.74) is -2.45. The summed E-state index contributed by atoms with van der Waals surface area (Å²) in [6, 6.07) is 3.12. The monoisotopic (exact) mass is 391 g/mol. The van der Waals surface area contributed by atoms with Crippen LogP contribution in [0.15, 0.2) is 35.8 Å². The molecule has 26 heavy (non-hydrogen) atoms. The Morgan fingerprint density at radius 3 is 2.15 bits per heavy atom. The smallest absolute Gasteiger partial charge is 0.219 e. The molecule has 0 atom stereocenters. The second kappa shape index (κ2) is 6.42. The maximum atomic E-state index is 13.0. The second-order valence-electron chi connectivity index (χ2n) is 5.43. The zero-order valence-electron chi connectivity index (χ0n) is 13.2. The van der Waals surface area contributed by atoms with Crippen molar-refractivity contribution in [2.75, 3.05) is 0 Å². The molecule has 10 heteroatoms. The first-order valence-corrected chi connectivity index (χ1v) is 8.26. The van der Waals surface area contributed by atoms with Gasteiger partial charge in [-0.15, -0.1) is 16.4 Å². The molecular weight excluding hydrogens is 380 g/mol. The van der Waals surface area contributed by atoms with E-state index in [0.29, 0.717) is 24.2 Å². The first kappa shape index (κ1) is 18.4. The van der Waals surface area contributed by atoms with E-state index in [1.807, 2.05) is 12.3 Å². The van der Waals surface area contributed by atoms with E-state index in [1.165, 1.54) is 22.2 Å². The van der Waals surface area contributed by atoms with Crippen LogP contribution >= 0.6 is 11.3 Å². The van der Waals surface area contributed by atoms with Crippen LogP contribution in [-0.2, 0) is 18.8 Å². The van der Waals surface area contributed by atoms with Crippen molar-refractivity contribution in [3.8, 4) is 16.9 Å². The number of alkyl halides is 6. The summed E-state index contributed by atoms with van der Waals surface area (Å²) >= 11 is 1.47. The van der Waals surface area contributed by atoms with Gasteiger partial charge in [-0.25, -0.2) is 4.68 Å². The third-order valence-electron chi connectivity index (χ3n) is 3.67. The molecule has 0 fully saturated rings. The summed E-state index contributed by atoms with van der Waals surface area (Å²) in [7, 11) is 0. The molecule has 0 saturated carbocycles. The van der Waals surface area contributed by atoms with Crippen molar-refractivity contribution in [2.45, 2.75) is 25.7 Å². The molecule has 0 spiro atoms. The summed E-state index contributed by atoms with van der Waals surface area (Å²) in [5.74, 6) is 0. The van der Waals surface area contributed by atoms with Gasteiger partial charge in [0.05, 0.1) is 23.0 Å². The largest absolute Gasteiger partial charge is 0.416 e. The first-order valence-electron chi connectivity index (χ1n) is 7.38. The Labute approximate surface area is 147 Å². The Hall–Kier alpha value is -2.36. The molecule has 138 valence electrons. The van der Waals surface area contributed by atoms with Gasteiger partial charge in [-0.2, -0.15) is 26.3 Å². The maximum Gasteiger partial charge on any atom is 0.416 e. The van der Waals surface area contributed by atoms with E-state index in [-0.39, 0.29) is 17.3 Å². The fourth-order valence-electron chi connectivity index (χ4n) is 2.42. The zero-order valence-corrected chi connectivity index (χ0v) is 14.0. The lowest BCUT2D eigenvalue weighted by Gasteiger charge is -2.13. The summed E-state index contributed by atoms with van der Waals surface area (Å²) in [6.07, 6.45) is -7.79. The van der Waals surface area contributed by atoms with Crippen molar-refractivity contribution >= 4 is 11.3 Å². The molecule has 0 saturated heterocycles. The molecule has 0 aliphatic rings. The summed E-state index contributed by atoms with van der Waals surface area (Å²) in [5, 5.41) is 9.41. The van der Waals surface area contributed by atoms with Gasteiger partial charge >= 0.3 is 12.4 Å². The minimum Gasteiger partial charge on any atom is -0.219 e. The molecular formula is C16H11F6N3S.